The molecule has 1 aromatic heterocycles. The number of aryl methyl sites for hydroxylation is 1. The molecule has 0 spiro atoms. The fraction of sp³-hybridized carbons (Fsp3) is 0.647. The number of hydrogen-bond acceptors (Lipinski definition) is 5. The number of likely N-dealkylation sites (N-methyl/N-ethyl adjacent to an activating group) is 1. The van der Waals surface area contributed by atoms with Gasteiger partial charge in [0.1, 0.15) is 0 Å². The van der Waals surface area contributed by atoms with E-state index in [1.54, 1.807) is 18.6 Å². The predicted molar refractivity (Wildman–Crippen MR) is 89.2 cm³/mol. The summed E-state index contributed by atoms with van der Waals surface area (Å²) in [6.07, 6.45) is 8.06. The van der Waals surface area contributed by atoms with Crippen molar-refractivity contribution < 1.29 is 9.59 Å². The number of carbonyl (C=O) groups is 2. The molecule has 0 radical (unpaired) electrons. The lowest BCUT2D eigenvalue weighted by atomic mass is 10.1. The largest absolute Gasteiger partial charge is 0.339 e. The summed E-state index contributed by atoms with van der Waals surface area (Å²) in [4.78, 5) is 39.0. The number of nitrogens with zero attached hydrogens (tertiary/aromatic N) is 5. The Balaban J connectivity index is 1.44. The fourth-order valence-corrected chi connectivity index (χ4v) is 3.46. The van der Waals surface area contributed by atoms with Gasteiger partial charge in [0.25, 0.3) is 0 Å². The second-order valence-corrected chi connectivity index (χ2v) is 6.54. The topological polar surface area (TPSA) is 69.6 Å². The van der Waals surface area contributed by atoms with Gasteiger partial charge >= 0.3 is 0 Å². The van der Waals surface area contributed by atoms with Crippen LogP contribution in [0.15, 0.2) is 18.6 Å². The fourth-order valence-electron chi connectivity index (χ4n) is 3.46. The minimum absolute atomic E-state index is 0.0314. The molecule has 2 amide bonds. The number of carbonyl (C=O) groups excluding carboxylic acids is 2. The van der Waals surface area contributed by atoms with Gasteiger partial charge in [-0.15, -0.1) is 0 Å². The van der Waals surface area contributed by atoms with E-state index >= 15 is 0 Å². The van der Waals surface area contributed by atoms with Gasteiger partial charge in [-0.3, -0.25) is 24.5 Å². The molecule has 0 N–H and O–H groups in total. The van der Waals surface area contributed by atoms with Crippen LogP contribution in [0.2, 0.25) is 0 Å². The van der Waals surface area contributed by atoms with Gasteiger partial charge < -0.3 is 9.80 Å². The number of aromatic nitrogens is 2. The third-order valence-corrected chi connectivity index (χ3v) is 4.96. The highest BCUT2D eigenvalue weighted by molar-refractivity contribution is 5.83. The van der Waals surface area contributed by atoms with Crippen molar-refractivity contribution in [1.82, 2.24) is 24.7 Å². The van der Waals surface area contributed by atoms with Gasteiger partial charge in [0.2, 0.25) is 11.8 Å². The van der Waals surface area contributed by atoms with Crippen molar-refractivity contribution in [2.45, 2.75) is 31.7 Å². The summed E-state index contributed by atoms with van der Waals surface area (Å²) in [5, 5.41) is 0. The lowest BCUT2D eigenvalue weighted by molar-refractivity contribution is -0.142. The van der Waals surface area contributed by atoms with Crippen LogP contribution in [0.25, 0.3) is 0 Å². The van der Waals surface area contributed by atoms with Crippen molar-refractivity contribution in [3.63, 3.8) is 0 Å². The van der Waals surface area contributed by atoms with Crippen molar-refractivity contribution in [1.29, 1.82) is 0 Å². The highest BCUT2D eigenvalue weighted by Gasteiger charge is 2.33. The van der Waals surface area contributed by atoms with Crippen LogP contribution in [0.1, 0.15) is 25.0 Å². The Kier molecular flexibility index (Phi) is 5.40. The highest BCUT2D eigenvalue weighted by atomic mass is 16.2. The van der Waals surface area contributed by atoms with E-state index in [1.807, 2.05) is 16.8 Å². The quantitative estimate of drug-likeness (QED) is 0.787. The third-order valence-electron chi connectivity index (χ3n) is 4.96. The van der Waals surface area contributed by atoms with Gasteiger partial charge in [0.05, 0.1) is 11.7 Å². The normalized spacial score (nSPS) is 22.0. The maximum atomic E-state index is 12.6. The van der Waals surface area contributed by atoms with Crippen molar-refractivity contribution in [3.8, 4) is 0 Å². The van der Waals surface area contributed by atoms with Crippen LogP contribution in [0.4, 0.5) is 0 Å². The van der Waals surface area contributed by atoms with Crippen molar-refractivity contribution in [3.05, 3.63) is 24.3 Å². The van der Waals surface area contributed by atoms with Crippen LogP contribution in [0, 0.1) is 0 Å². The summed E-state index contributed by atoms with van der Waals surface area (Å²) in [6, 6.07) is 0.0314. The van der Waals surface area contributed by atoms with E-state index in [2.05, 4.69) is 14.9 Å². The smallest absolute Gasteiger partial charge is 0.240 e. The Bertz CT molecular complexity index is 572. The first-order valence-corrected chi connectivity index (χ1v) is 8.67. The average molecular weight is 331 g/mol. The Morgan fingerprint density at radius 2 is 1.88 bits per heavy atom. The number of amides is 2. The van der Waals surface area contributed by atoms with E-state index in [-0.39, 0.29) is 17.9 Å². The molecule has 7 nitrogen and oxygen atoms in total. The van der Waals surface area contributed by atoms with E-state index in [4.69, 9.17) is 0 Å². The van der Waals surface area contributed by atoms with Crippen molar-refractivity contribution in [2.75, 3.05) is 39.8 Å². The zero-order valence-corrected chi connectivity index (χ0v) is 14.2. The monoisotopic (exact) mass is 331 g/mol. The molecule has 2 saturated heterocycles. The molecule has 0 aliphatic carbocycles. The first-order chi connectivity index (χ1) is 11.6. The van der Waals surface area contributed by atoms with Crippen LogP contribution in [0.5, 0.6) is 0 Å². The molecule has 3 rings (SSSR count). The number of likely N-dealkylation sites (tertiary alicyclic amines) is 1. The van der Waals surface area contributed by atoms with Crippen LogP contribution in [-0.2, 0) is 16.0 Å². The third kappa shape index (κ3) is 3.90. The van der Waals surface area contributed by atoms with Crippen LogP contribution in [-0.4, -0.2) is 82.3 Å². The Morgan fingerprint density at radius 1 is 1.12 bits per heavy atom. The molecule has 130 valence electrons. The molecule has 0 saturated carbocycles. The number of rotatable bonds is 4. The van der Waals surface area contributed by atoms with Gasteiger partial charge in [-0.05, 0) is 32.9 Å². The number of hydrogen-bond donors (Lipinski definition) is 0. The van der Waals surface area contributed by atoms with Crippen molar-refractivity contribution in [2.24, 2.45) is 0 Å². The molecule has 2 aliphatic heterocycles. The standard InChI is InChI=1S/C17H25N5O2/c1-20-8-2-3-15(20)17(24)22-11-9-21(10-12-22)16(23)5-4-14-13-18-6-7-19-14/h6-7,13,15H,2-5,8-12H2,1H3/t15-/m0/s1. The summed E-state index contributed by atoms with van der Waals surface area (Å²) < 4.78 is 0. The summed E-state index contributed by atoms with van der Waals surface area (Å²) >= 11 is 0. The van der Waals surface area contributed by atoms with E-state index in [1.165, 1.54) is 0 Å². The van der Waals surface area contributed by atoms with Gasteiger partial charge in [-0.2, -0.15) is 0 Å². The molecule has 3 heterocycles. The molecular formula is C17H25N5O2. The summed E-state index contributed by atoms with van der Waals surface area (Å²) in [6.45, 7) is 3.53. The van der Waals surface area contributed by atoms with E-state index in [0.717, 1.165) is 25.1 Å². The first-order valence-electron chi connectivity index (χ1n) is 8.67. The van der Waals surface area contributed by atoms with E-state index < -0.39 is 0 Å². The molecule has 0 bridgehead atoms. The van der Waals surface area contributed by atoms with E-state index in [0.29, 0.717) is 39.0 Å². The molecule has 0 unspecified atom stereocenters. The van der Waals surface area contributed by atoms with Gasteiger partial charge in [-0.1, -0.05) is 0 Å². The average Bonchev–Trinajstić information content (AvgIpc) is 3.06. The SMILES string of the molecule is CN1CCC[C@H]1C(=O)N1CCN(C(=O)CCc2cnccn2)CC1. The summed E-state index contributed by atoms with van der Waals surface area (Å²) in [5.41, 5.74) is 0.837. The minimum Gasteiger partial charge on any atom is -0.339 e. The van der Waals surface area contributed by atoms with Crippen molar-refractivity contribution >= 4 is 11.8 Å². The second-order valence-electron chi connectivity index (χ2n) is 6.54. The van der Waals surface area contributed by atoms with Crippen LogP contribution < -0.4 is 0 Å². The van der Waals surface area contributed by atoms with E-state index in [9.17, 15) is 9.59 Å². The molecule has 24 heavy (non-hydrogen) atoms. The molecule has 2 fully saturated rings. The Hall–Kier alpha value is -2.02. The Morgan fingerprint density at radius 3 is 2.50 bits per heavy atom. The predicted octanol–water partition coefficient (Wildman–Crippen LogP) is 0.174. The zero-order chi connectivity index (χ0) is 16.9. The summed E-state index contributed by atoms with van der Waals surface area (Å²) in [7, 11) is 2.02. The van der Waals surface area contributed by atoms with Gasteiger partial charge in [-0.25, -0.2) is 0 Å². The maximum absolute atomic E-state index is 12.6. The second kappa shape index (κ2) is 7.70. The van der Waals surface area contributed by atoms with Gasteiger partial charge in [0, 0.05) is 51.2 Å². The molecule has 1 atom stereocenters. The molecule has 7 heteroatoms. The first kappa shape index (κ1) is 16.8. The zero-order valence-electron chi connectivity index (χ0n) is 14.2. The molecular weight excluding hydrogens is 306 g/mol. The number of piperazine rings is 1. The highest BCUT2D eigenvalue weighted by Crippen LogP contribution is 2.18. The lowest BCUT2D eigenvalue weighted by Crippen LogP contribution is -2.54. The van der Waals surface area contributed by atoms with Crippen LogP contribution in [0.3, 0.4) is 0 Å². The minimum atomic E-state index is 0.0314. The molecule has 1 aromatic rings. The Labute approximate surface area is 142 Å². The molecule has 2 aliphatic rings. The maximum Gasteiger partial charge on any atom is 0.240 e. The molecule has 0 aromatic carbocycles. The summed E-state index contributed by atoms with van der Waals surface area (Å²) in [5.74, 6) is 0.354. The lowest BCUT2D eigenvalue weighted by Gasteiger charge is -2.37. The van der Waals surface area contributed by atoms with Crippen LogP contribution >= 0.6 is 0 Å². The van der Waals surface area contributed by atoms with Gasteiger partial charge in [0.15, 0.2) is 0 Å².